The first kappa shape index (κ1) is 13.3. The number of rotatable bonds is 2. The number of aryl methyl sites for hydroxylation is 1. The van der Waals surface area contributed by atoms with Crippen LogP contribution in [0.4, 0.5) is 4.39 Å². The number of benzene rings is 2. The largest absolute Gasteiger partial charge is 0.207 e. The lowest BCUT2D eigenvalue weighted by atomic mass is 10.0. The lowest BCUT2D eigenvalue weighted by Crippen LogP contribution is -1.96. The van der Waals surface area contributed by atoms with Gasteiger partial charge in [0.2, 0.25) is 0 Å². The topological polar surface area (TPSA) is 0 Å². The van der Waals surface area contributed by atoms with Gasteiger partial charge in [-0.2, -0.15) is 0 Å². The van der Waals surface area contributed by atoms with Crippen molar-refractivity contribution in [3.63, 3.8) is 0 Å². The molecular weight excluding hydrogens is 441 g/mol. The van der Waals surface area contributed by atoms with E-state index in [2.05, 4.69) is 70.3 Å². The van der Waals surface area contributed by atoms with Crippen molar-refractivity contribution in [1.82, 2.24) is 0 Å². The molecule has 2 aromatic rings. The summed E-state index contributed by atoms with van der Waals surface area (Å²) in [4.78, 5) is 0. The van der Waals surface area contributed by atoms with E-state index in [1.807, 2.05) is 12.1 Å². The van der Waals surface area contributed by atoms with Gasteiger partial charge in [0.25, 0.3) is 0 Å². The molecular formula is C14H11FI2. The molecule has 2 aromatic carbocycles. The zero-order chi connectivity index (χ0) is 12.4. The zero-order valence-corrected chi connectivity index (χ0v) is 13.6. The quantitative estimate of drug-likeness (QED) is 0.567. The predicted molar refractivity (Wildman–Crippen MR) is 85.8 cm³/mol. The molecule has 0 spiro atoms. The van der Waals surface area contributed by atoms with Crippen LogP contribution < -0.4 is 0 Å². The van der Waals surface area contributed by atoms with Gasteiger partial charge >= 0.3 is 0 Å². The lowest BCUT2D eigenvalue weighted by Gasteiger charge is -2.08. The fourth-order valence-electron chi connectivity index (χ4n) is 1.70. The standard InChI is InChI=1S/C14H11FI2/c1-9-2-4-12(16)7-11(9)6-10-3-5-13(17)8-14(10)15/h2-5,7-8H,6H2,1H3. The van der Waals surface area contributed by atoms with Crippen molar-refractivity contribution in [3.8, 4) is 0 Å². The molecule has 0 nitrogen and oxygen atoms in total. The van der Waals surface area contributed by atoms with Crippen LogP contribution in [0.1, 0.15) is 16.7 Å². The van der Waals surface area contributed by atoms with Crippen molar-refractivity contribution in [2.75, 3.05) is 0 Å². The molecule has 0 aliphatic carbocycles. The van der Waals surface area contributed by atoms with Gasteiger partial charge in [0, 0.05) is 13.6 Å². The maximum absolute atomic E-state index is 13.8. The highest BCUT2D eigenvalue weighted by Crippen LogP contribution is 2.20. The molecule has 0 heterocycles. The summed E-state index contributed by atoms with van der Waals surface area (Å²) in [6.07, 6.45) is 0.658. The maximum atomic E-state index is 13.8. The average Bonchev–Trinajstić information content (AvgIpc) is 2.27. The van der Waals surface area contributed by atoms with E-state index in [1.165, 1.54) is 14.7 Å². The Labute approximate surface area is 128 Å². The summed E-state index contributed by atoms with van der Waals surface area (Å²) in [5.74, 6) is -0.116. The Balaban J connectivity index is 2.34. The smallest absolute Gasteiger partial charge is 0.127 e. The summed E-state index contributed by atoms with van der Waals surface area (Å²) < 4.78 is 15.9. The van der Waals surface area contributed by atoms with Crippen LogP contribution in [0.2, 0.25) is 0 Å². The Bertz CT molecular complexity index is 550. The molecule has 0 bridgehead atoms. The van der Waals surface area contributed by atoms with Crippen molar-refractivity contribution in [2.45, 2.75) is 13.3 Å². The van der Waals surface area contributed by atoms with E-state index in [0.29, 0.717) is 6.42 Å². The first-order chi connectivity index (χ1) is 8.06. The van der Waals surface area contributed by atoms with E-state index < -0.39 is 0 Å². The molecule has 0 atom stereocenters. The van der Waals surface area contributed by atoms with Gasteiger partial charge in [-0.15, -0.1) is 0 Å². The predicted octanol–water partition coefficient (Wildman–Crippen LogP) is 4.93. The third-order valence-corrected chi connectivity index (χ3v) is 4.05. The molecule has 0 aliphatic heterocycles. The van der Waals surface area contributed by atoms with E-state index >= 15 is 0 Å². The molecule has 2 rings (SSSR count). The molecule has 0 amide bonds. The highest BCUT2D eigenvalue weighted by molar-refractivity contribution is 14.1. The van der Waals surface area contributed by atoms with E-state index in [0.717, 1.165) is 9.13 Å². The monoisotopic (exact) mass is 452 g/mol. The van der Waals surface area contributed by atoms with Crippen LogP contribution in [0, 0.1) is 19.9 Å². The molecule has 88 valence electrons. The van der Waals surface area contributed by atoms with Gasteiger partial charge in [-0.3, -0.25) is 0 Å². The molecule has 0 fully saturated rings. The van der Waals surface area contributed by atoms with Crippen LogP contribution in [-0.2, 0) is 6.42 Å². The maximum Gasteiger partial charge on any atom is 0.127 e. The fraction of sp³-hybridized carbons (Fsp3) is 0.143. The van der Waals surface area contributed by atoms with Crippen LogP contribution >= 0.6 is 45.2 Å². The van der Waals surface area contributed by atoms with Crippen LogP contribution in [-0.4, -0.2) is 0 Å². The normalized spacial score (nSPS) is 10.6. The highest BCUT2D eigenvalue weighted by Gasteiger charge is 2.06. The molecule has 0 aromatic heterocycles. The van der Waals surface area contributed by atoms with Crippen molar-refractivity contribution >= 4 is 45.2 Å². The number of hydrogen-bond acceptors (Lipinski definition) is 0. The molecule has 3 heteroatoms. The van der Waals surface area contributed by atoms with Gasteiger partial charge in [0.05, 0.1) is 0 Å². The SMILES string of the molecule is Cc1ccc(I)cc1Cc1ccc(I)cc1F. The third-order valence-electron chi connectivity index (χ3n) is 2.71. The van der Waals surface area contributed by atoms with Crippen molar-refractivity contribution in [3.05, 3.63) is 66.0 Å². The van der Waals surface area contributed by atoms with Crippen LogP contribution in [0.3, 0.4) is 0 Å². The summed E-state index contributed by atoms with van der Waals surface area (Å²) in [6, 6.07) is 11.7. The summed E-state index contributed by atoms with van der Waals surface area (Å²) in [5.41, 5.74) is 3.16. The molecule has 0 aliphatic rings. The molecule has 17 heavy (non-hydrogen) atoms. The second-order valence-corrected chi connectivity index (χ2v) is 6.47. The third kappa shape index (κ3) is 3.40. The Morgan fingerprint density at radius 2 is 1.59 bits per heavy atom. The minimum atomic E-state index is -0.116. The zero-order valence-electron chi connectivity index (χ0n) is 9.31. The van der Waals surface area contributed by atoms with Crippen molar-refractivity contribution < 1.29 is 4.39 Å². The molecule has 0 saturated heterocycles. The Kier molecular flexibility index (Phi) is 4.41. The lowest BCUT2D eigenvalue weighted by molar-refractivity contribution is 0.613. The summed E-state index contributed by atoms with van der Waals surface area (Å²) in [7, 11) is 0. The van der Waals surface area contributed by atoms with E-state index in [9.17, 15) is 4.39 Å². The Morgan fingerprint density at radius 3 is 2.29 bits per heavy atom. The van der Waals surface area contributed by atoms with Gasteiger partial charge in [-0.1, -0.05) is 12.1 Å². The van der Waals surface area contributed by atoms with Crippen LogP contribution in [0.15, 0.2) is 36.4 Å². The van der Waals surface area contributed by atoms with Gasteiger partial charge < -0.3 is 0 Å². The van der Waals surface area contributed by atoms with E-state index in [-0.39, 0.29) is 5.82 Å². The number of hydrogen-bond donors (Lipinski definition) is 0. The van der Waals surface area contributed by atoms with Gasteiger partial charge in [-0.05, 0) is 93.1 Å². The molecule has 0 N–H and O–H groups in total. The van der Waals surface area contributed by atoms with Crippen molar-refractivity contribution in [1.29, 1.82) is 0 Å². The van der Waals surface area contributed by atoms with Crippen molar-refractivity contribution in [2.24, 2.45) is 0 Å². The first-order valence-corrected chi connectivity index (χ1v) is 7.41. The first-order valence-electron chi connectivity index (χ1n) is 5.25. The Morgan fingerprint density at radius 1 is 0.941 bits per heavy atom. The summed E-state index contributed by atoms with van der Waals surface area (Å²) in [5, 5.41) is 0. The summed E-state index contributed by atoms with van der Waals surface area (Å²) in [6.45, 7) is 2.07. The molecule has 0 unspecified atom stereocenters. The second-order valence-electron chi connectivity index (χ2n) is 3.98. The van der Waals surface area contributed by atoms with E-state index in [1.54, 1.807) is 6.07 Å². The van der Waals surface area contributed by atoms with E-state index in [4.69, 9.17) is 0 Å². The second kappa shape index (κ2) is 5.65. The summed E-state index contributed by atoms with van der Waals surface area (Å²) >= 11 is 4.41. The van der Waals surface area contributed by atoms with Crippen LogP contribution in [0.25, 0.3) is 0 Å². The minimum absolute atomic E-state index is 0.116. The van der Waals surface area contributed by atoms with Gasteiger partial charge in [0.15, 0.2) is 0 Å². The van der Waals surface area contributed by atoms with Gasteiger partial charge in [-0.25, -0.2) is 4.39 Å². The number of halogens is 3. The highest BCUT2D eigenvalue weighted by atomic mass is 127. The van der Waals surface area contributed by atoms with Crippen LogP contribution in [0.5, 0.6) is 0 Å². The minimum Gasteiger partial charge on any atom is -0.207 e. The molecule has 0 radical (unpaired) electrons. The Hall–Kier alpha value is -0.170. The van der Waals surface area contributed by atoms with Gasteiger partial charge in [0.1, 0.15) is 5.82 Å². The fourth-order valence-corrected chi connectivity index (χ4v) is 2.71. The average molecular weight is 452 g/mol. The molecule has 0 saturated carbocycles.